The maximum atomic E-state index is 12.6. The highest BCUT2D eigenvalue weighted by atomic mass is 32.2. The van der Waals surface area contributed by atoms with Crippen molar-refractivity contribution in [3.05, 3.63) is 59.7 Å². The molecule has 1 aliphatic heterocycles. The summed E-state index contributed by atoms with van der Waals surface area (Å²) in [6.45, 7) is 4.36. The Labute approximate surface area is 171 Å². The predicted octanol–water partition coefficient (Wildman–Crippen LogP) is 2.92. The normalized spacial score (nSPS) is 15.7. The number of carbonyl (C=O) groups excluding carboxylic acids is 2. The number of hydrogen-bond acceptors (Lipinski definition) is 4. The summed E-state index contributed by atoms with van der Waals surface area (Å²) in [5.74, 6) is -0.463. The van der Waals surface area contributed by atoms with Gasteiger partial charge in [0.1, 0.15) is 0 Å². The lowest BCUT2D eigenvalue weighted by atomic mass is 10.1. The fourth-order valence-electron chi connectivity index (χ4n) is 3.31. The lowest BCUT2D eigenvalue weighted by Gasteiger charge is -2.17. The highest BCUT2D eigenvalue weighted by Gasteiger charge is 2.27. The maximum absolute atomic E-state index is 12.6. The van der Waals surface area contributed by atoms with E-state index in [1.807, 2.05) is 13.0 Å². The molecule has 0 aliphatic carbocycles. The Hall–Kier alpha value is -2.71. The summed E-state index contributed by atoms with van der Waals surface area (Å²) >= 11 is 0. The van der Waals surface area contributed by atoms with Crippen LogP contribution in [0.4, 0.5) is 5.69 Å². The average molecular weight is 416 g/mol. The Kier molecular flexibility index (Phi) is 6.34. The Morgan fingerprint density at radius 3 is 2.31 bits per heavy atom. The number of amides is 2. The summed E-state index contributed by atoms with van der Waals surface area (Å²) in [7, 11) is -3.49. The maximum Gasteiger partial charge on any atom is 0.251 e. The van der Waals surface area contributed by atoms with Gasteiger partial charge in [0, 0.05) is 31.3 Å². The summed E-state index contributed by atoms with van der Waals surface area (Å²) in [5.41, 5.74) is 1.89. The molecule has 1 heterocycles. The van der Waals surface area contributed by atoms with Crippen LogP contribution in [0.5, 0.6) is 0 Å². The topological polar surface area (TPSA) is 95.6 Å². The highest BCUT2D eigenvalue weighted by molar-refractivity contribution is 7.89. The summed E-state index contributed by atoms with van der Waals surface area (Å²) in [6, 6.07) is 13.0. The van der Waals surface area contributed by atoms with E-state index in [9.17, 15) is 18.0 Å². The molecule has 1 atom stereocenters. The molecule has 0 aromatic heterocycles. The Morgan fingerprint density at radius 2 is 1.69 bits per heavy atom. The van der Waals surface area contributed by atoms with Gasteiger partial charge in [-0.15, -0.1) is 0 Å². The van der Waals surface area contributed by atoms with Crippen LogP contribution in [-0.2, 0) is 14.8 Å². The van der Waals surface area contributed by atoms with Gasteiger partial charge in [0.25, 0.3) is 5.91 Å². The fraction of sp³-hybridized carbons (Fsp3) is 0.333. The molecule has 2 aromatic carbocycles. The van der Waals surface area contributed by atoms with Crippen molar-refractivity contribution >= 4 is 27.5 Å². The minimum atomic E-state index is -3.49. The lowest BCUT2D eigenvalue weighted by molar-refractivity contribution is -0.114. The Morgan fingerprint density at radius 1 is 1.03 bits per heavy atom. The fourth-order valence-corrected chi connectivity index (χ4v) is 4.83. The zero-order valence-corrected chi connectivity index (χ0v) is 17.3. The number of nitrogens with one attached hydrogen (secondary N) is 2. The van der Waals surface area contributed by atoms with E-state index in [0.29, 0.717) is 24.3 Å². The van der Waals surface area contributed by atoms with Crippen molar-refractivity contribution in [2.24, 2.45) is 0 Å². The first-order chi connectivity index (χ1) is 13.8. The highest BCUT2D eigenvalue weighted by Crippen LogP contribution is 2.22. The van der Waals surface area contributed by atoms with E-state index < -0.39 is 10.0 Å². The molecule has 2 amide bonds. The molecule has 2 N–H and O–H groups in total. The summed E-state index contributed by atoms with van der Waals surface area (Å²) in [6.07, 6.45) is 1.75. The van der Waals surface area contributed by atoms with E-state index in [1.165, 1.54) is 35.5 Å². The minimum Gasteiger partial charge on any atom is -0.346 e. The van der Waals surface area contributed by atoms with Crippen LogP contribution in [0, 0.1) is 0 Å². The van der Waals surface area contributed by atoms with Crippen LogP contribution < -0.4 is 10.6 Å². The number of anilines is 1. The molecule has 0 bridgehead atoms. The van der Waals surface area contributed by atoms with Crippen molar-refractivity contribution in [3.63, 3.8) is 0 Å². The Balaban J connectivity index is 1.68. The molecule has 0 saturated carbocycles. The predicted molar refractivity (Wildman–Crippen MR) is 111 cm³/mol. The standard InChI is InChI=1S/C21H25N3O4S/c1-15(18-6-5-7-19(14-18)23-16(2)25)22-21(26)17-8-10-20(11-9-17)29(27,28)24-12-3-4-13-24/h5-11,14-15H,3-4,12-13H2,1-2H3,(H,22,26)(H,23,25). The van der Waals surface area contributed by atoms with Gasteiger partial charge in [0.05, 0.1) is 10.9 Å². The van der Waals surface area contributed by atoms with Crippen LogP contribution in [0.2, 0.25) is 0 Å². The van der Waals surface area contributed by atoms with Gasteiger partial charge >= 0.3 is 0 Å². The van der Waals surface area contributed by atoms with Crippen molar-refractivity contribution in [2.45, 2.75) is 37.6 Å². The van der Waals surface area contributed by atoms with Gasteiger partial charge in [-0.2, -0.15) is 4.31 Å². The molecule has 1 unspecified atom stereocenters. The molecule has 29 heavy (non-hydrogen) atoms. The lowest BCUT2D eigenvalue weighted by Crippen LogP contribution is -2.28. The van der Waals surface area contributed by atoms with E-state index >= 15 is 0 Å². The van der Waals surface area contributed by atoms with Crippen LogP contribution in [0.25, 0.3) is 0 Å². The average Bonchev–Trinajstić information content (AvgIpc) is 3.23. The summed E-state index contributed by atoms with van der Waals surface area (Å²) in [4.78, 5) is 24.0. The molecule has 0 spiro atoms. The third kappa shape index (κ3) is 5.02. The van der Waals surface area contributed by atoms with Crippen molar-refractivity contribution < 1.29 is 18.0 Å². The quantitative estimate of drug-likeness (QED) is 0.758. The smallest absolute Gasteiger partial charge is 0.251 e. The second kappa shape index (κ2) is 8.75. The molecular weight excluding hydrogens is 390 g/mol. The number of nitrogens with zero attached hydrogens (tertiary/aromatic N) is 1. The third-order valence-corrected chi connectivity index (χ3v) is 6.79. The summed E-state index contributed by atoms with van der Waals surface area (Å²) in [5, 5.41) is 5.61. The van der Waals surface area contributed by atoms with Gasteiger partial charge in [-0.25, -0.2) is 8.42 Å². The second-order valence-electron chi connectivity index (χ2n) is 7.14. The van der Waals surface area contributed by atoms with E-state index in [1.54, 1.807) is 18.2 Å². The first-order valence-electron chi connectivity index (χ1n) is 9.56. The van der Waals surface area contributed by atoms with Crippen molar-refractivity contribution in [2.75, 3.05) is 18.4 Å². The van der Waals surface area contributed by atoms with Crippen LogP contribution in [0.1, 0.15) is 48.7 Å². The molecule has 154 valence electrons. The van der Waals surface area contributed by atoms with Crippen molar-refractivity contribution in [1.82, 2.24) is 9.62 Å². The molecule has 1 fully saturated rings. The molecule has 7 nitrogen and oxygen atoms in total. The van der Waals surface area contributed by atoms with Crippen molar-refractivity contribution in [1.29, 1.82) is 0 Å². The number of rotatable bonds is 6. The van der Waals surface area contributed by atoms with Crippen LogP contribution in [0.3, 0.4) is 0 Å². The minimum absolute atomic E-state index is 0.164. The number of carbonyl (C=O) groups is 2. The zero-order valence-electron chi connectivity index (χ0n) is 16.5. The zero-order chi connectivity index (χ0) is 21.0. The van der Waals surface area contributed by atoms with Crippen LogP contribution >= 0.6 is 0 Å². The largest absolute Gasteiger partial charge is 0.346 e. The molecular formula is C21H25N3O4S. The number of hydrogen-bond donors (Lipinski definition) is 2. The van der Waals surface area contributed by atoms with E-state index in [-0.39, 0.29) is 22.8 Å². The molecule has 1 saturated heterocycles. The summed E-state index contributed by atoms with van der Waals surface area (Å²) < 4.78 is 26.6. The SMILES string of the molecule is CC(=O)Nc1cccc(C(C)NC(=O)c2ccc(S(=O)(=O)N3CCCC3)cc2)c1. The second-order valence-corrected chi connectivity index (χ2v) is 9.08. The van der Waals surface area contributed by atoms with Gasteiger partial charge in [-0.3, -0.25) is 9.59 Å². The van der Waals surface area contributed by atoms with Gasteiger partial charge in [0.15, 0.2) is 0 Å². The van der Waals surface area contributed by atoms with Gasteiger partial charge in [-0.05, 0) is 61.7 Å². The first kappa shape index (κ1) is 21.0. The van der Waals surface area contributed by atoms with Gasteiger partial charge in [-0.1, -0.05) is 12.1 Å². The van der Waals surface area contributed by atoms with E-state index in [0.717, 1.165) is 18.4 Å². The van der Waals surface area contributed by atoms with E-state index in [2.05, 4.69) is 10.6 Å². The molecule has 2 aromatic rings. The van der Waals surface area contributed by atoms with Gasteiger partial charge in [0.2, 0.25) is 15.9 Å². The number of sulfonamides is 1. The molecule has 1 aliphatic rings. The van der Waals surface area contributed by atoms with E-state index in [4.69, 9.17) is 0 Å². The van der Waals surface area contributed by atoms with Crippen molar-refractivity contribution in [3.8, 4) is 0 Å². The number of benzene rings is 2. The molecule has 3 rings (SSSR count). The monoisotopic (exact) mass is 415 g/mol. The van der Waals surface area contributed by atoms with Crippen LogP contribution in [-0.4, -0.2) is 37.6 Å². The van der Waals surface area contributed by atoms with Crippen LogP contribution in [0.15, 0.2) is 53.4 Å². The van der Waals surface area contributed by atoms with Gasteiger partial charge < -0.3 is 10.6 Å². The Bertz CT molecular complexity index is 997. The third-order valence-electron chi connectivity index (χ3n) is 4.87. The molecule has 8 heteroatoms. The first-order valence-corrected chi connectivity index (χ1v) is 11.0. The molecule has 0 radical (unpaired) electrons.